The molecule has 1 saturated carbocycles. The lowest BCUT2D eigenvalue weighted by Crippen LogP contribution is -2.30. The van der Waals surface area contributed by atoms with Gasteiger partial charge in [0.05, 0.1) is 24.6 Å². The molecule has 0 radical (unpaired) electrons. The van der Waals surface area contributed by atoms with E-state index in [9.17, 15) is 14.7 Å². The first-order valence-corrected chi connectivity index (χ1v) is 7.59. The fraction of sp³-hybridized carbons (Fsp3) is 0.467. The van der Waals surface area contributed by atoms with Crippen molar-refractivity contribution in [2.75, 3.05) is 12.4 Å². The van der Waals surface area contributed by atoms with Crippen LogP contribution < -0.4 is 10.1 Å². The molecule has 2 N–H and O–H groups in total. The van der Waals surface area contributed by atoms with Crippen LogP contribution in [0.5, 0.6) is 5.75 Å². The minimum absolute atomic E-state index is 0.246. The van der Waals surface area contributed by atoms with E-state index in [2.05, 4.69) is 21.2 Å². The molecule has 0 saturated heterocycles. The van der Waals surface area contributed by atoms with Gasteiger partial charge in [-0.1, -0.05) is 6.92 Å². The lowest BCUT2D eigenvalue weighted by molar-refractivity contribution is -0.145. The Morgan fingerprint density at radius 2 is 2.00 bits per heavy atom. The molecule has 1 aromatic rings. The van der Waals surface area contributed by atoms with E-state index in [4.69, 9.17) is 4.74 Å². The van der Waals surface area contributed by atoms with Crippen LogP contribution >= 0.6 is 15.9 Å². The number of hydrogen-bond donors (Lipinski definition) is 2. The molecule has 3 atom stereocenters. The summed E-state index contributed by atoms with van der Waals surface area (Å²) in [4.78, 5) is 23.7. The van der Waals surface area contributed by atoms with Crippen molar-refractivity contribution in [3.63, 3.8) is 0 Å². The lowest BCUT2D eigenvalue weighted by atomic mass is 9.95. The van der Waals surface area contributed by atoms with Crippen molar-refractivity contribution < 1.29 is 19.4 Å². The second-order valence-electron chi connectivity index (χ2n) is 5.46. The standard InChI is InChI=1S/C15H18BrNO4/c1-8-5-10(11(6-8)15(19)20)14(18)17-13-7-9(21-2)3-4-12(13)16/h3-4,7-8,10-11H,5-6H2,1-2H3,(H,17,18)(H,19,20)/t8?,10-,11+/m0/s1. The molecule has 0 bridgehead atoms. The summed E-state index contributed by atoms with van der Waals surface area (Å²) in [7, 11) is 1.55. The number of carbonyl (C=O) groups is 2. The van der Waals surface area contributed by atoms with Crippen LogP contribution in [-0.4, -0.2) is 24.1 Å². The third-order valence-corrected chi connectivity index (χ3v) is 4.58. The second-order valence-corrected chi connectivity index (χ2v) is 6.32. The Balaban J connectivity index is 2.16. The maximum atomic E-state index is 12.4. The van der Waals surface area contributed by atoms with E-state index >= 15 is 0 Å². The quantitative estimate of drug-likeness (QED) is 0.869. The van der Waals surface area contributed by atoms with Gasteiger partial charge < -0.3 is 15.2 Å². The van der Waals surface area contributed by atoms with Gasteiger partial charge in [0.1, 0.15) is 5.75 Å². The van der Waals surface area contributed by atoms with E-state index in [1.165, 1.54) is 0 Å². The van der Waals surface area contributed by atoms with Crippen molar-refractivity contribution in [1.82, 2.24) is 0 Å². The molecule has 1 aliphatic rings. The summed E-state index contributed by atoms with van der Waals surface area (Å²) in [6, 6.07) is 5.26. The van der Waals surface area contributed by atoms with E-state index in [-0.39, 0.29) is 11.8 Å². The van der Waals surface area contributed by atoms with Gasteiger partial charge >= 0.3 is 5.97 Å². The SMILES string of the molecule is COc1ccc(Br)c(NC(=O)[C@H]2CC(C)C[C@H]2C(=O)O)c1. The van der Waals surface area contributed by atoms with E-state index in [0.717, 1.165) is 4.47 Å². The number of carboxylic acids is 1. The van der Waals surface area contributed by atoms with Crippen molar-refractivity contribution in [3.8, 4) is 5.75 Å². The zero-order valence-electron chi connectivity index (χ0n) is 11.9. The highest BCUT2D eigenvalue weighted by Gasteiger charge is 2.41. The van der Waals surface area contributed by atoms with Crippen LogP contribution in [0.4, 0.5) is 5.69 Å². The summed E-state index contributed by atoms with van der Waals surface area (Å²) in [6.07, 6.45) is 1.15. The Labute approximate surface area is 131 Å². The molecule has 2 rings (SSSR count). The minimum Gasteiger partial charge on any atom is -0.497 e. The average molecular weight is 356 g/mol. The van der Waals surface area contributed by atoms with Crippen molar-refractivity contribution in [1.29, 1.82) is 0 Å². The van der Waals surface area contributed by atoms with Crippen molar-refractivity contribution in [2.45, 2.75) is 19.8 Å². The summed E-state index contributed by atoms with van der Waals surface area (Å²) >= 11 is 3.37. The highest BCUT2D eigenvalue weighted by atomic mass is 79.9. The summed E-state index contributed by atoms with van der Waals surface area (Å²) in [6.45, 7) is 1.98. The van der Waals surface area contributed by atoms with Crippen LogP contribution in [0.2, 0.25) is 0 Å². The molecule has 114 valence electrons. The largest absolute Gasteiger partial charge is 0.497 e. The topological polar surface area (TPSA) is 75.6 Å². The van der Waals surface area contributed by atoms with Crippen LogP contribution in [0.1, 0.15) is 19.8 Å². The monoisotopic (exact) mass is 355 g/mol. The first-order valence-electron chi connectivity index (χ1n) is 6.79. The van der Waals surface area contributed by atoms with Gasteiger partial charge in [0.25, 0.3) is 0 Å². The summed E-state index contributed by atoms with van der Waals surface area (Å²) in [5, 5.41) is 12.0. The summed E-state index contributed by atoms with van der Waals surface area (Å²) in [5.41, 5.74) is 0.586. The third kappa shape index (κ3) is 3.56. The number of carboxylic acid groups (broad SMARTS) is 1. The Kier molecular flexibility index (Phi) is 4.88. The van der Waals surface area contributed by atoms with Gasteiger partial charge in [0, 0.05) is 10.5 Å². The molecule has 21 heavy (non-hydrogen) atoms. The van der Waals surface area contributed by atoms with Gasteiger partial charge in [0.2, 0.25) is 5.91 Å². The number of rotatable bonds is 4. The zero-order valence-corrected chi connectivity index (χ0v) is 13.5. The first kappa shape index (κ1) is 15.8. The van der Waals surface area contributed by atoms with Gasteiger partial charge in [-0.3, -0.25) is 9.59 Å². The van der Waals surface area contributed by atoms with Crippen LogP contribution in [0, 0.1) is 17.8 Å². The summed E-state index contributed by atoms with van der Waals surface area (Å²) in [5.74, 6) is -1.37. The normalized spacial score (nSPS) is 24.6. The molecule has 0 spiro atoms. The molecule has 1 aliphatic carbocycles. The molecule has 6 heteroatoms. The lowest BCUT2D eigenvalue weighted by Gasteiger charge is -2.16. The van der Waals surface area contributed by atoms with Crippen LogP contribution in [0.3, 0.4) is 0 Å². The predicted octanol–water partition coefficient (Wildman–Crippen LogP) is 3.14. The highest BCUT2D eigenvalue weighted by molar-refractivity contribution is 9.10. The molecule has 0 aromatic heterocycles. The Morgan fingerprint density at radius 3 is 2.62 bits per heavy atom. The molecule has 5 nitrogen and oxygen atoms in total. The minimum atomic E-state index is -0.899. The fourth-order valence-electron chi connectivity index (χ4n) is 2.81. The molecule has 0 heterocycles. The molecule has 0 aliphatic heterocycles. The molecule has 1 unspecified atom stereocenters. The number of halogens is 1. The zero-order chi connectivity index (χ0) is 15.6. The Morgan fingerprint density at radius 1 is 1.33 bits per heavy atom. The number of methoxy groups -OCH3 is 1. The highest BCUT2D eigenvalue weighted by Crippen LogP contribution is 2.37. The first-order chi connectivity index (χ1) is 9.92. The van der Waals surface area contributed by atoms with Crippen molar-refractivity contribution in [2.24, 2.45) is 17.8 Å². The van der Waals surface area contributed by atoms with E-state index in [1.54, 1.807) is 25.3 Å². The van der Waals surface area contributed by atoms with Crippen LogP contribution in [-0.2, 0) is 9.59 Å². The molecular formula is C15H18BrNO4. The van der Waals surface area contributed by atoms with Crippen LogP contribution in [0.25, 0.3) is 0 Å². The van der Waals surface area contributed by atoms with Crippen molar-refractivity contribution >= 4 is 33.5 Å². The smallest absolute Gasteiger partial charge is 0.307 e. The van der Waals surface area contributed by atoms with Gasteiger partial charge in [-0.25, -0.2) is 0 Å². The van der Waals surface area contributed by atoms with Gasteiger partial charge in [-0.05, 0) is 46.8 Å². The Hall–Kier alpha value is -1.56. The average Bonchev–Trinajstić information content (AvgIpc) is 2.83. The van der Waals surface area contributed by atoms with E-state index in [0.29, 0.717) is 24.3 Å². The third-order valence-electron chi connectivity index (χ3n) is 3.88. The van der Waals surface area contributed by atoms with E-state index < -0.39 is 17.8 Å². The number of anilines is 1. The second kappa shape index (κ2) is 6.47. The van der Waals surface area contributed by atoms with Crippen molar-refractivity contribution in [3.05, 3.63) is 22.7 Å². The summed E-state index contributed by atoms with van der Waals surface area (Å²) < 4.78 is 5.86. The maximum absolute atomic E-state index is 12.4. The number of ether oxygens (including phenoxy) is 1. The number of nitrogens with one attached hydrogen (secondary N) is 1. The van der Waals surface area contributed by atoms with Crippen LogP contribution in [0.15, 0.2) is 22.7 Å². The Bertz CT molecular complexity index is 561. The number of carbonyl (C=O) groups excluding carboxylic acids is 1. The molecule has 1 fully saturated rings. The predicted molar refractivity (Wildman–Crippen MR) is 82.3 cm³/mol. The van der Waals surface area contributed by atoms with Gasteiger partial charge in [-0.2, -0.15) is 0 Å². The maximum Gasteiger partial charge on any atom is 0.307 e. The van der Waals surface area contributed by atoms with Gasteiger partial charge in [0.15, 0.2) is 0 Å². The number of hydrogen-bond acceptors (Lipinski definition) is 3. The number of benzene rings is 1. The van der Waals surface area contributed by atoms with Gasteiger partial charge in [-0.15, -0.1) is 0 Å². The molecule has 1 amide bonds. The molecular weight excluding hydrogens is 338 g/mol. The fourth-order valence-corrected chi connectivity index (χ4v) is 3.15. The number of aliphatic carboxylic acids is 1. The van der Waals surface area contributed by atoms with E-state index in [1.807, 2.05) is 6.92 Å². The molecule has 1 aromatic carbocycles. The number of amides is 1.